The molecule has 2 aliphatic heterocycles. The highest BCUT2D eigenvalue weighted by molar-refractivity contribution is 5.67. The van der Waals surface area contributed by atoms with Crippen LogP contribution >= 0.6 is 0 Å². The van der Waals surface area contributed by atoms with E-state index >= 15 is 0 Å². The third kappa shape index (κ3) is 7.67. The van der Waals surface area contributed by atoms with E-state index in [9.17, 15) is 10.4 Å². The van der Waals surface area contributed by atoms with Crippen LogP contribution in [-0.2, 0) is 4.74 Å². The molecule has 2 saturated heterocycles. The second-order valence-electron chi connectivity index (χ2n) is 12.1. The van der Waals surface area contributed by atoms with E-state index in [0.29, 0.717) is 53.5 Å². The number of hydrogen-bond donors (Lipinski definition) is 3. The molecule has 0 radical (unpaired) electrons. The number of aliphatic hydroxyl groups excluding tert-OH is 1. The van der Waals surface area contributed by atoms with Gasteiger partial charge in [0.2, 0.25) is 5.95 Å². The van der Waals surface area contributed by atoms with Gasteiger partial charge in [0.25, 0.3) is 5.88 Å². The number of nitrogens with two attached hydrogens (primary N) is 1. The molecule has 15 heteroatoms. The number of anilines is 2. The van der Waals surface area contributed by atoms with E-state index in [1.54, 1.807) is 24.5 Å². The Balaban J connectivity index is 1.11. The normalized spacial score (nSPS) is 23.6. The first-order valence-electron chi connectivity index (χ1n) is 16.1. The maximum atomic E-state index is 9.59. The molecule has 4 N–H and O–H groups in total. The molecule has 6 rings (SSSR count). The topological polar surface area (TPSA) is 194 Å². The summed E-state index contributed by atoms with van der Waals surface area (Å²) in [6.45, 7) is 3.90. The number of fused-ring (bicyclic) bond motifs is 2. The molecule has 1 aliphatic carbocycles. The molecule has 15 nitrogen and oxygen atoms in total. The van der Waals surface area contributed by atoms with Crippen LogP contribution in [0, 0.1) is 11.3 Å². The minimum atomic E-state index is -0.317. The molecule has 3 atom stereocenters. The summed E-state index contributed by atoms with van der Waals surface area (Å²) in [5.74, 6) is 6.18. The molecule has 3 aliphatic rings. The van der Waals surface area contributed by atoms with E-state index in [4.69, 9.17) is 25.2 Å². The van der Waals surface area contributed by atoms with Gasteiger partial charge < -0.3 is 30.5 Å². The molecular formula is C32H41N11O4. The standard InChI is InChI=1S/C32H41N11O4/c1-21(14-35-20-38-41-34)47-30-12-22(2-3-23(30)13-33)24-15-36-32(37-16-24)39-29-17-42(40-31(29)46-11-10-44)25-4-6-26(7-5-25)43-27-8-9-28(43)19-45-18-27/h2-3,12,15-17,20-21,25-28,44H,4-11,14,18-19H2,1H3,(H2,34,35,38)(H,36,37,39)/t21-,25?,26?,27-,28+/m0/s1. The minimum Gasteiger partial charge on any atom is -0.487 e. The summed E-state index contributed by atoms with van der Waals surface area (Å²) in [6, 6.07) is 9.49. The average Bonchev–Trinajstić information content (AvgIpc) is 3.61. The highest BCUT2D eigenvalue weighted by Crippen LogP contribution is 2.39. The molecule has 4 heterocycles. The Hall–Kier alpha value is -4.65. The first-order valence-corrected chi connectivity index (χ1v) is 16.1. The Kier molecular flexibility index (Phi) is 10.5. The van der Waals surface area contributed by atoms with Crippen molar-refractivity contribution in [3.63, 3.8) is 0 Å². The van der Waals surface area contributed by atoms with E-state index < -0.39 is 0 Å². The van der Waals surface area contributed by atoms with Gasteiger partial charge in [-0.3, -0.25) is 14.6 Å². The lowest BCUT2D eigenvalue weighted by Gasteiger charge is -2.43. The van der Waals surface area contributed by atoms with E-state index in [1.807, 2.05) is 23.9 Å². The predicted octanol–water partition coefficient (Wildman–Crippen LogP) is 3.79. The van der Waals surface area contributed by atoms with Crippen LogP contribution < -0.4 is 20.6 Å². The van der Waals surface area contributed by atoms with Crippen LogP contribution in [0.15, 0.2) is 52.1 Å². The second kappa shape index (κ2) is 15.3. The van der Waals surface area contributed by atoms with Crippen molar-refractivity contribution in [2.24, 2.45) is 21.2 Å². The summed E-state index contributed by atoms with van der Waals surface area (Å²) in [6.07, 6.45) is 13.1. The lowest BCUT2D eigenvalue weighted by molar-refractivity contribution is -0.0458. The van der Waals surface area contributed by atoms with Gasteiger partial charge in [0.05, 0.1) is 44.2 Å². The molecule has 2 bridgehead atoms. The summed E-state index contributed by atoms with van der Waals surface area (Å²) in [5, 5.41) is 33.6. The van der Waals surface area contributed by atoms with E-state index in [1.165, 1.54) is 19.2 Å². The number of nitrogens with zero attached hydrogens (tertiary/aromatic N) is 9. The van der Waals surface area contributed by atoms with Crippen molar-refractivity contribution in [3.05, 3.63) is 42.4 Å². The van der Waals surface area contributed by atoms with Crippen molar-refractivity contribution >= 4 is 18.0 Å². The Bertz CT molecular complexity index is 1560. The Morgan fingerprint density at radius 3 is 2.53 bits per heavy atom. The quantitative estimate of drug-likeness (QED) is 0.0806. The predicted molar refractivity (Wildman–Crippen MR) is 174 cm³/mol. The number of benzene rings is 1. The highest BCUT2D eigenvalue weighted by Gasteiger charge is 2.42. The average molecular weight is 644 g/mol. The van der Waals surface area contributed by atoms with Crippen LogP contribution in [0.25, 0.3) is 11.1 Å². The Labute approximate surface area is 273 Å². The number of aliphatic hydroxyl groups is 1. The fourth-order valence-electron chi connectivity index (χ4n) is 6.84. The monoisotopic (exact) mass is 643 g/mol. The summed E-state index contributed by atoms with van der Waals surface area (Å²) in [7, 11) is 0. The number of morpholine rings is 1. The molecule has 3 fully saturated rings. The van der Waals surface area contributed by atoms with E-state index in [2.05, 4.69) is 41.6 Å². The first kappa shape index (κ1) is 32.3. The number of aromatic nitrogens is 4. The van der Waals surface area contributed by atoms with Gasteiger partial charge in [-0.05, 0) is 63.1 Å². The number of rotatable bonds is 13. The van der Waals surface area contributed by atoms with Crippen molar-refractivity contribution in [1.29, 1.82) is 5.26 Å². The molecule has 2 aromatic heterocycles. The summed E-state index contributed by atoms with van der Waals surface area (Å²) in [4.78, 5) is 15.9. The minimum absolute atomic E-state index is 0.118. The van der Waals surface area contributed by atoms with Gasteiger partial charge >= 0.3 is 0 Å². The number of aliphatic imine (C=N–C) groups is 1. The molecule has 1 saturated carbocycles. The van der Waals surface area contributed by atoms with Crippen molar-refractivity contribution < 1.29 is 19.3 Å². The number of hydrogen-bond acceptors (Lipinski definition) is 12. The summed E-state index contributed by atoms with van der Waals surface area (Å²) >= 11 is 0. The Morgan fingerprint density at radius 1 is 1.11 bits per heavy atom. The van der Waals surface area contributed by atoms with Crippen LogP contribution in [-0.4, -0.2) is 93.3 Å². The molecule has 3 aromatic rings. The number of ether oxygens (including phenoxy) is 3. The zero-order chi connectivity index (χ0) is 32.6. The van der Waals surface area contributed by atoms with Gasteiger partial charge in [-0.15, -0.1) is 10.2 Å². The van der Waals surface area contributed by atoms with Crippen molar-refractivity contribution in [1.82, 2.24) is 24.6 Å². The van der Waals surface area contributed by atoms with Crippen LogP contribution in [0.3, 0.4) is 0 Å². The molecular weight excluding hydrogens is 602 g/mol. The Morgan fingerprint density at radius 2 is 1.83 bits per heavy atom. The molecule has 248 valence electrons. The summed E-state index contributed by atoms with van der Waals surface area (Å²) < 4.78 is 19.6. The molecule has 0 amide bonds. The van der Waals surface area contributed by atoms with Gasteiger partial charge in [-0.1, -0.05) is 11.3 Å². The lowest BCUT2D eigenvalue weighted by atomic mass is 9.89. The lowest BCUT2D eigenvalue weighted by Crippen LogP contribution is -2.52. The van der Waals surface area contributed by atoms with Gasteiger partial charge in [-0.2, -0.15) is 5.26 Å². The van der Waals surface area contributed by atoms with E-state index in [0.717, 1.165) is 50.0 Å². The van der Waals surface area contributed by atoms with Crippen LogP contribution in [0.1, 0.15) is 57.1 Å². The number of nitrogens with one attached hydrogen (secondary N) is 1. The maximum Gasteiger partial charge on any atom is 0.257 e. The van der Waals surface area contributed by atoms with Crippen LogP contribution in [0.5, 0.6) is 11.6 Å². The van der Waals surface area contributed by atoms with Gasteiger partial charge in [-0.25, -0.2) is 9.97 Å². The fraction of sp³-hybridized carbons (Fsp3) is 0.531. The highest BCUT2D eigenvalue weighted by atomic mass is 16.5. The van der Waals surface area contributed by atoms with Crippen LogP contribution in [0.2, 0.25) is 0 Å². The van der Waals surface area contributed by atoms with Gasteiger partial charge in [0.15, 0.2) is 0 Å². The van der Waals surface area contributed by atoms with Crippen molar-refractivity contribution in [2.75, 3.05) is 38.3 Å². The van der Waals surface area contributed by atoms with E-state index in [-0.39, 0.29) is 25.4 Å². The zero-order valence-electron chi connectivity index (χ0n) is 26.5. The third-order valence-corrected chi connectivity index (χ3v) is 9.01. The second-order valence-corrected chi connectivity index (χ2v) is 12.1. The SMILES string of the molecule is C[C@@H](CN=CN=NN)Oc1cc(-c2cnc(Nc3cn(C4CCC(N5[C@@H]6CC[C@H]5COC6)CC4)nc3OCCO)nc2)ccc1C#N. The molecule has 0 spiro atoms. The molecule has 47 heavy (non-hydrogen) atoms. The van der Waals surface area contributed by atoms with Crippen molar-refractivity contribution in [3.8, 4) is 28.8 Å². The first-order chi connectivity index (χ1) is 23.1. The smallest absolute Gasteiger partial charge is 0.257 e. The van der Waals surface area contributed by atoms with Gasteiger partial charge in [0.1, 0.15) is 36.6 Å². The fourth-order valence-corrected chi connectivity index (χ4v) is 6.84. The maximum absolute atomic E-state index is 9.59. The van der Waals surface area contributed by atoms with Crippen molar-refractivity contribution in [2.45, 2.75) is 75.7 Å². The zero-order valence-corrected chi connectivity index (χ0v) is 26.5. The van der Waals surface area contributed by atoms with Crippen LogP contribution in [0.4, 0.5) is 11.6 Å². The van der Waals surface area contributed by atoms with Gasteiger partial charge in [0, 0.05) is 36.1 Å². The molecule has 0 unspecified atom stereocenters. The number of nitriles is 1. The largest absolute Gasteiger partial charge is 0.487 e. The molecule has 1 aromatic carbocycles. The summed E-state index contributed by atoms with van der Waals surface area (Å²) in [5.41, 5.74) is 2.58. The third-order valence-electron chi connectivity index (χ3n) is 9.01.